The number of halogens is 3. The van der Waals surface area contributed by atoms with Crippen LogP contribution in [-0.2, 0) is 39.0 Å². The van der Waals surface area contributed by atoms with Gasteiger partial charge >= 0.3 is 118 Å². The number of nitrogens with zero attached hydrogens (tertiary/aromatic N) is 4. The molecule has 7 aromatic rings. The van der Waals surface area contributed by atoms with Gasteiger partial charge in [0.25, 0.3) is 11.8 Å². The maximum absolute atomic E-state index is 13.7. The molecule has 35 heteroatoms. The van der Waals surface area contributed by atoms with Crippen molar-refractivity contribution < 1.29 is 207 Å². The SMILES string of the molecule is CCCCOc1cc(N=Nc2c(S(=O)(=O)[O-])cc3cc(SOO[O-])cc(NC(=O)c4cccc(Cl)c4Cl)c3c2O)c(OCCCC)cc1N=Nc1c(SOO[O-])cc2cc(S(=O)(=O)[O-])cc(NC(=O)c3ccc(F)cc3)c2c1O.[Na+].[Na+].[Na+].[Na+]. The van der Waals surface area contributed by atoms with Crippen molar-refractivity contribution in [3.63, 3.8) is 0 Å². The number of rotatable bonds is 24. The molecule has 0 atom stereocenters. The number of benzene rings is 7. The number of azo groups is 2. The number of nitrogens with one attached hydrogen (secondary N) is 2. The molecule has 83 heavy (non-hydrogen) atoms. The Balaban J connectivity index is 0.00000452. The Hall–Kier alpha value is -2.81. The van der Waals surface area contributed by atoms with Crippen LogP contribution in [0.15, 0.2) is 131 Å². The van der Waals surface area contributed by atoms with E-state index in [1.165, 1.54) is 42.5 Å². The predicted molar refractivity (Wildman–Crippen MR) is 278 cm³/mol. The van der Waals surface area contributed by atoms with Crippen LogP contribution in [-0.4, -0.2) is 61.2 Å². The number of ether oxygens (including phenoxy) is 2. The van der Waals surface area contributed by atoms with Crippen LogP contribution >= 0.6 is 47.3 Å². The van der Waals surface area contributed by atoms with Crippen LogP contribution in [0.3, 0.4) is 0 Å². The van der Waals surface area contributed by atoms with Crippen LogP contribution in [0, 0.1) is 5.82 Å². The predicted octanol–water partition coefficient (Wildman–Crippen LogP) is -1.17. The molecule has 0 bridgehead atoms. The van der Waals surface area contributed by atoms with Gasteiger partial charge in [-0.3, -0.25) is 19.7 Å². The number of fused-ring (bicyclic) bond motifs is 2. The minimum atomic E-state index is -5.53. The first kappa shape index (κ1) is 74.4. The molecule has 0 radical (unpaired) electrons. The zero-order valence-corrected chi connectivity index (χ0v) is 57.2. The Kier molecular flexibility index (Phi) is 30.6. The number of phenols is 2. The Morgan fingerprint density at radius 3 is 1.73 bits per heavy atom. The van der Waals surface area contributed by atoms with Crippen LogP contribution in [0.1, 0.15) is 60.2 Å². The van der Waals surface area contributed by atoms with Gasteiger partial charge < -0.3 is 49.9 Å². The first-order valence-corrected chi connectivity index (χ1v) is 27.7. The van der Waals surface area contributed by atoms with Crippen LogP contribution in [0.25, 0.3) is 21.5 Å². The molecular formula is C48H37Cl2FN6Na4O18S4. The zero-order valence-electron chi connectivity index (χ0n) is 44.4. The summed E-state index contributed by atoms with van der Waals surface area (Å²) in [5, 5.41) is 73.2. The maximum Gasteiger partial charge on any atom is 1.00 e. The average Bonchev–Trinajstić information content (AvgIpc) is 3.35. The third kappa shape index (κ3) is 19.1. The normalized spacial score (nSPS) is 11.4. The summed E-state index contributed by atoms with van der Waals surface area (Å²) in [5.74, 6) is -4.52. The van der Waals surface area contributed by atoms with E-state index in [9.17, 15) is 60.6 Å². The van der Waals surface area contributed by atoms with E-state index in [0.29, 0.717) is 37.7 Å². The molecule has 4 N–H and O–H groups in total. The molecule has 7 aromatic carbocycles. The summed E-state index contributed by atoms with van der Waals surface area (Å²) in [5.41, 5.74) is -2.68. The molecule has 0 spiro atoms. The van der Waals surface area contributed by atoms with Crippen molar-refractivity contribution in [2.24, 2.45) is 20.5 Å². The first-order chi connectivity index (χ1) is 37.7. The van der Waals surface area contributed by atoms with Crippen molar-refractivity contribution in [2.75, 3.05) is 23.8 Å². The number of unbranched alkanes of at least 4 members (excludes halogenated alkanes) is 2. The second kappa shape index (κ2) is 34.1. The van der Waals surface area contributed by atoms with Gasteiger partial charge in [-0.2, -0.15) is 8.67 Å². The van der Waals surface area contributed by atoms with Gasteiger partial charge in [0.2, 0.25) is 0 Å². The molecule has 0 aliphatic carbocycles. The fourth-order valence-electron chi connectivity index (χ4n) is 7.31. The monoisotopic (exact) mass is 1290 g/mol. The van der Waals surface area contributed by atoms with E-state index in [1.807, 2.05) is 13.8 Å². The molecular weight excluding hydrogens is 1260 g/mol. The van der Waals surface area contributed by atoms with Gasteiger partial charge in [0.05, 0.1) is 79.0 Å². The van der Waals surface area contributed by atoms with E-state index >= 15 is 0 Å². The maximum atomic E-state index is 13.7. The number of anilines is 2. The van der Waals surface area contributed by atoms with Crippen LogP contribution < -0.4 is 149 Å². The molecule has 7 rings (SSSR count). The number of hydrogen-bond donors (Lipinski definition) is 4. The van der Waals surface area contributed by atoms with E-state index in [-0.39, 0.29) is 225 Å². The fourth-order valence-corrected chi connectivity index (χ4v) is 9.82. The largest absolute Gasteiger partial charge is 1.00 e. The van der Waals surface area contributed by atoms with Crippen molar-refractivity contribution in [1.29, 1.82) is 0 Å². The van der Waals surface area contributed by atoms with Crippen molar-refractivity contribution in [1.82, 2.24) is 0 Å². The second-order valence-corrected chi connectivity index (χ2v) is 21.3. The van der Waals surface area contributed by atoms with Crippen molar-refractivity contribution in [3.05, 3.63) is 118 Å². The Morgan fingerprint density at radius 1 is 0.651 bits per heavy atom. The quantitative estimate of drug-likeness (QED) is 0.0105. The number of carbonyl (C=O) groups is 2. The molecule has 0 aromatic heterocycles. The van der Waals surface area contributed by atoms with Crippen LogP contribution in [0.5, 0.6) is 23.0 Å². The summed E-state index contributed by atoms with van der Waals surface area (Å²) in [6, 6.07) is 16.9. The minimum absolute atomic E-state index is 0. The summed E-state index contributed by atoms with van der Waals surface area (Å²) in [6.45, 7) is 3.79. The number of hydrogen-bond acceptors (Lipinski definition) is 24. The van der Waals surface area contributed by atoms with Gasteiger partial charge in [0.15, 0.2) is 11.5 Å². The molecule has 0 aliphatic heterocycles. The molecule has 0 aliphatic rings. The van der Waals surface area contributed by atoms with Crippen molar-refractivity contribution >= 4 is 135 Å². The standard InChI is InChI=1S/C48H41Cl2FN6O18S4.4Na/c1-3-5-14-70-36-23-33(55-57-44-39(79(67,68)69)19-25-16-28(76-74-72-62)20-34(40(25)46(44)59)53-48(61)30-8-7-9-31(49)42(30)50)37(71-15-6-4-2)22-32(36)54-56-43-38(77-75-73-63)18-26-17-29(78(64,65)66)21-35(41(26)45(43)58)52-47(60)24-10-12-27(51)13-11-24;;;;/h7-13,16-23,58-59,62-63H,3-6,14-15H2,1-2H3,(H,52,60)(H,53,61)(H,64,65,66)(H,67,68,69);;;;/q;4*+1/p-4. The summed E-state index contributed by atoms with van der Waals surface area (Å²) in [4.78, 5) is 24.8. The Bertz CT molecular complexity index is 3790. The molecule has 0 saturated carbocycles. The van der Waals surface area contributed by atoms with E-state index in [4.69, 9.17) is 32.7 Å². The molecule has 0 saturated heterocycles. The van der Waals surface area contributed by atoms with Gasteiger partial charge in [-0.25, -0.2) is 21.2 Å². The summed E-state index contributed by atoms with van der Waals surface area (Å²) in [6.07, 6.45) is 2.20. The average molecular weight is 1300 g/mol. The topological polar surface area (TPSA) is 364 Å². The number of amides is 2. The molecule has 24 nitrogen and oxygen atoms in total. The minimum Gasteiger partial charge on any atom is -0.744 e. The van der Waals surface area contributed by atoms with E-state index in [0.717, 1.165) is 48.5 Å². The summed E-state index contributed by atoms with van der Waals surface area (Å²) in [7, 11) is -10.8. The van der Waals surface area contributed by atoms with Gasteiger partial charge in [-0.05, 0) is 96.4 Å². The van der Waals surface area contributed by atoms with E-state index < -0.39 is 76.2 Å². The second-order valence-electron chi connectivity index (χ2n) is 16.2. The number of carbonyl (C=O) groups excluding carboxylic acids is 2. The van der Waals surface area contributed by atoms with Crippen LogP contribution in [0.2, 0.25) is 10.0 Å². The van der Waals surface area contributed by atoms with E-state index in [1.54, 1.807) is 0 Å². The number of aromatic hydroxyl groups is 2. The fraction of sp³-hybridized carbons (Fsp3) is 0.167. The Labute approximate surface area is 579 Å². The molecule has 0 fully saturated rings. The van der Waals surface area contributed by atoms with Crippen molar-refractivity contribution in [3.8, 4) is 23.0 Å². The van der Waals surface area contributed by atoms with Gasteiger partial charge in [-0.1, -0.05) is 56.0 Å². The number of phenolic OH excluding ortho intramolecular Hbond substituents is 2. The van der Waals surface area contributed by atoms with Gasteiger partial charge in [-0.15, -0.1) is 20.5 Å². The van der Waals surface area contributed by atoms with E-state index in [2.05, 4.69) is 49.8 Å². The summed E-state index contributed by atoms with van der Waals surface area (Å²) >= 11 is 13.0. The van der Waals surface area contributed by atoms with Gasteiger partial charge in [0, 0.05) is 33.4 Å². The molecule has 0 heterocycles. The zero-order chi connectivity index (χ0) is 57.2. The van der Waals surface area contributed by atoms with Crippen LogP contribution in [0.4, 0.5) is 38.5 Å². The molecule has 2 amide bonds. The smallest absolute Gasteiger partial charge is 0.744 e. The summed E-state index contributed by atoms with van der Waals surface area (Å²) < 4.78 is 111. The third-order valence-corrected chi connectivity index (χ3v) is 14.6. The first-order valence-electron chi connectivity index (χ1n) is 22.6. The molecule has 416 valence electrons. The van der Waals surface area contributed by atoms with Gasteiger partial charge in [0.1, 0.15) is 60.3 Å². The third-order valence-electron chi connectivity index (χ3n) is 11.0. The molecule has 0 unspecified atom stereocenters. The Morgan fingerprint density at radius 2 is 1.18 bits per heavy atom. The van der Waals surface area contributed by atoms with Crippen molar-refractivity contribution in [2.45, 2.75) is 59.1 Å².